The summed E-state index contributed by atoms with van der Waals surface area (Å²) in [6, 6.07) is 10.5. The van der Waals surface area contributed by atoms with Crippen molar-refractivity contribution in [3.63, 3.8) is 0 Å². The molecular formula is C24H23I2N3O4S. The first-order valence-electron chi connectivity index (χ1n) is 10.9. The van der Waals surface area contributed by atoms with Crippen LogP contribution in [0.25, 0.3) is 6.08 Å². The molecule has 1 amide bonds. The Morgan fingerprint density at radius 2 is 1.76 bits per heavy atom. The molecular weight excluding hydrogens is 680 g/mol. The van der Waals surface area contributed by atoms with E-state index in [1.54, 1.807) is 17.0 Å². The van der Waals surface area contributed by atoms with Gasteiger partial charge in [-0.05, 0) is 112 Å². The Morgan fingerprint density at radius 3 is 2.35 bits per heavy atom. The second kappa shape index (κ2) is 10.9. The van der Waals surface area contributed by atoms with E-state index in [2.05, 4.69) is 45.2 Å². The van der Waals surface area contributed by atoms with Crippen LogP contribution in [0.4, 0.5) is 5.69 Å². The van der Waals surface area contributed by atoms with Crippen LogP contribution in [0.1, 0.15) is 43.2 Å². The number of nitro groups is 1. The third kappa shape index (κ3) is 5.38. The van der Waals surface area contributed by atoms with Gasteiger partial charge in [-0.15, -0.1) is 0 Å². The Kier molecular flexibility index (Phi) is 8.08. The number of non-ortho nitro benzene ring substituents is 1. The molecule has 0 bridgehead atoms. The zero-order valence-electron chi connectivity index (χ0n) is 18.5. The monoisotopic (exact) mass is 703 g/mol. The Bertz CT molecular complexity index is 1140. The normalized spacial score (nSPS) is 18.1. The molecule has 34 heavy (non-hydrogen) atoms. The molecule has 2 aliphatic rings. The predicted molar refractivity (Wildman–Crippen MR) is 151 cm³/mol. The minimum Gasteiger partial charge on any atom is -0.487 e. The van der Waals surface area contributed by atoms with Crippen molar-refractivity contribution in [3.05, 3.63) is 70.5 Å². The number of nitrogens with zero attached hydrogens (tertiary/aromatic N) is 3. The summed E-state index contributed by atoms with van der Waals surface area (Å²) in [5, 5.41) is 11.4. The lowest BCUT2D eigenvalue weighted by molar-refractivity contribution is -0.384. The largest absolute Gasteiger partial charge is 0.487 e. The Hall–Kier alpha value is -1.80. The molecule has 0 N–H and O–H groups in total. The van der Waals surface area contributed by atoms with E-state index in [4.69, 9.17) is 17.0 Å². The van der Waals surface area contributed by atoms with Crippen molar-refractivity contribution >= 4 is 80.2 Å². The molecule has 0 spiro atoms. The molecule has 4 rings (SSSR count). The number of likely N-dealkylation sites (N-methyl/N-ethyl adjacent to an activating group) is 1. The van der Waals surface area contributed by atoms with Gasteiger partial charge in [0.15, 0.2) is 5.11 Å². The maximum Gasteiger partial charge on any atom is 0.277 e. The molecule has 0 unspecified atom stereocenters. The molecule has 0 atom stereocenters. The topological polar surface area (TPSA) is 75.9 Å². The maximum absolute atomic E-state index is 13.3. The number of thiocarbonyl (C=S) groups is 1. The quantitative estimate of drug-likeness (QED) is 0.119. The molecule has 1 aliphatic carbocycles. The third-order valence-corrected chi connectivity index (χ3v) is 8.16. The number of carbonyl (C=O) groups excluding carboxylic acids is 1. The van der Waals surface area contributed by atoms with Crippen LogP contribution in [0.5, 0.6) is 5.75 Å². The van der Waals surface area contributed by atoms with Crippen LogP contribution in [0.15, 0.2) is 42.1 Å². The van der Waals surface area contributed by atoms with Crippen LogP contribution in [-0.4, -0.2) is 38.8 Å². The highest BCUT2D eigenvalue weighted by molar-refractivity contribution is 14.1. The van der Waals surface area contributed by atoms with Gasteiger partial charge in [-0.3, -0.25) is 19.8 Å². The first-order valence-corrected chi connectivity index (χ1v) is 13.5. The minimum atomic E-state index is -0.419. The number of benzene rings is 2. The summed E-state index contributed by atoms with van der Waals surface area (Å²) >= 11 is 10.1. The first kappa shape index (κ1) is 25.3. The molecule has 10 heteroatoms. The predicted octanol–water partition coefficient (Wildman–Crippen LogP) is 6.12. The summed E-state index contributed by atoms with van der Waals surface area (Å²) in [5.41, 5.74) is 2.39. The summed E-state index contributed by atoms with van der Waals surface area (Å²) in [6.07, 6.45) is 7.39. The van der Waals surface area contributed by atoms with Gasteiger partial charge in [0.1, 0.15) is 18.1 Å². The van der Waals surface area contributed by atoms with Crippen LogP contribution < -0.4 is 4.74 Å². The highest BCUT2D eigenvalue weighted by Crippen LogP contribution is 2.33. The van der Waals surface area contributed by atoms with Crippen molar-refractivity contribution in [2.24, 2.45) is 0 Å². The second-order valence-electron chi connectivity index (χ2n) is 8.36. The van der Waals surface area contributed by atoms with E-state index in [-0.39, 0.29) is 17.6 Å². The SMILES string of the molecule is CN1C(=S)N(C2CCCCC2)C(=O)/C1=C/c1cc(I)c(OCc2ccc([N+](=O)[O-])cc2)c(I)c1. The lowest BCUT2D eigenvalue weighted by Crippen LogP contribution is -2.41. The lowest BCUT2D eigenvalue weighted by atomic mass is 9.94. The van der Waals surface area contributed by atoms with Crippen LogP contribution in [0, 0.1) is 17.3 Å². The number of amides is 1. The van der Waals surface area contributed by atoms with Crippen LogP contribution in [0.2, 0.25) is 0 Å². The van der Waals surface area contributed by atoms with Crippen molar-refractivity contribution in [2.45, 2.75) is 44.8 Å². The van der Waals surface area contributed by atoms with Gasteiger partial charge in [0.25, 0.3) is 11.6 Å². The number of rotatable bonds is 6. The van der Waals surface area contributed by atoms with Crippen molar-refractivity contribution in [2.75, 3.05) is 7.05 Å². The fourth-order valence-electron chi connectivity index (χ4n) is 4.27. The van der Waals surface area contributed by atoms with Gasteiger partial charge >= 0.3 is 0 Å². The molecule has 0 radical (unpaired) electrons. The average molecular weight is 703 g/mol. The maximum atomic E-state index is 13.3. The van der Waals surface area contributed by atoms with Crippen molar-refractivity contribution in [3.8, 4) is 5.75 Å². The molecule has 1 heterocycles. The number of ether oxygens (including phenoxy) is 1. The summed E-state index contributed by atoms with van der Waals surface area (Å²) in [6.45, 7) is 0.302. The fraction of sp³-hybridized carbons (Fsp3) is 0.333. The van der Waals surface area contributed by atoms with Crippen molar-refractivity contribution < 1.29 is 14.5 Å². The van der Waals surface area contributed by atoms with Gasteiger partial charge in [0.2, 0.25) is 0 Å². The number of hydrogen-bond acceptors (Lipinski definition) is 5. The van der Waals surface area contributed by atoms with Gasteiger partial charge < -0.3 is 9.64 Å². The first-order chi connectivity index (χ1) is 16.3. The Morgan fingerprint density at radius 1 is 1.15 bits per heavy atom. The smallest absolute Gasteiger partial charge is 0.277 e. The van der Waals surface area contributed by atoms with Gasteiger partial charge in [0, 0.05) is 25.2 Å². The van der Waals surface area contributed by atoms with E-state index in [0.29, 0.717) is 17.4 Å². The summed E-state index contributed by atoms with van der Waals surface area (Å²) in [7, 11) is 1.85. The van der Waals surface area contributed by atoms with Gasteiger partial charge in [-0.2, -0.15) is 0 Å². The summed E-state index contributed by atoms with van der Waals surface area (Å²) in [5.74, 6) is 0.718. The standard InChI is InChI=1S/C24H23I2N3O4S/c1-27-21(23(30)28(24(27)34)17-5-3-2-4-6-17)13-16-11-19(25)22(20(26)12-16)33-14-15-7-9-18(10-8-15)29(31)32/h7-13,17H,2-6,14H2,1H3/b21-13-. The summed E-state index contributed by atoms with van der Waals surface area (Å²) < 4.78 is 7.85. The van der Waals surface area contributed by atoms with Crippen molar-refractivity contribution in [1.29, 1.82) is 0 Å². The minimum absolute atomic E-state index is 0.0251. The molecule has 2 aromatic carbocycles. The zero-order valence-corrected chi connectivity index (χ0v) is 23.6. The molecule has 7 nitrogen and oxygen atoms in total. The number of hydrogen-bond donors (Lipinski definition) is 0. The number of nitro benzene ring substituents is 1. The van der Waals surface area contributed by atoms with E-state index in [0.717, 1.165) is 49.7 Å². The zero-order chi connectivity index (χ0) is 24.4. The molecule has 1 aliphatic heterocycles. The highest BCUT2D eigenvalue weighted by Gasteiger charge is 2.40. The fourth-order valence-corrected chi connectivity index (χ4v) is 6.72. The van der Waals surface area contributed by atoms with E-state index in [9.17, 15) is 14.9 Å². The third-order valence-electron chi connectivity index (χ3n) is 6.09. The molecule has 178 valence electrons. The Labute approximate surface area is 230 Å². The van der Waals surface area contributed by atoms with Crippen molar-refractivity contribution in [1.82, 2.24) is 9.80 Å². The van der Waals surface area contributed by atoms with Gasteiger partial charge in [-0.25, -0.2) is 0 Å². The van der Waals surface area contributed by atoms with E-state index < -0.39 is 4.92 Å². The van der Waals surface area contributed by atoms with E-state index in [1.165, 1.54) is 18.6 Å². The number of carbonyl (C=O) groups is 1. The van der Waals surface area contributed by atoms with Crippen LogP contribution >= 0.6 is 57.4 Å². The second-order valence-corrected chi connectivity index (χ2v) is 11.1. The van der Waals surface area contributed by atoms with Gasteiger partial charge in [-0.1, -0.05) is 19.3 Å². The molecule has 0 aromatic heterocycles. The lowest BCUT2D eigenvalue weighted by Gasteiger charge is -2.30. The van der Waals surface area contributed by atoms with E-state index >= 15 is 0 Å². The highest BCUT2D eigenvalue weighted by atomic mass is 127. The molecule has 1 saturated carbocycles. The molecule has 2 aromatic rings. The summed E-state index contributed by atoms with van der Waals surface area (Å²) in [4.78, 5) is 27.3. The van der Waals surface area contributed by atoms with Crippen LogP contribution in [-0.2, 0) is 11.4 Å². The molecule has 2 fully saturated rings. The van der Waals surface area contributed by atoms with Gasteiger partial charge in [0.05, 0.1) is 12.1 Å². The Balaban J connectivity index is 1.51. The number of halogens is 2. The molecule has 1 saturated heterocycles. The van der Waals surface area contributed by atoms with Crippen LogP contribution in [0.3, 0.4) is 0 Å². The van der Waals surface area contributed by atoms with E-state index in [1.807, 2.05) is 30.2 Å². The average Bonchev–Trinajstić information content (AvgIpc) is 3.02.